The van der Waals surface area contributed by atoms with Gasteiger partial charge in [0.05, 0.1) is 11.4 Å². The van der Waals surface area contributed by atoms with Crippen molar-refractivity contribution in [2.75, 3.05) is 0 Å². The summed E-state index contributed by atoms with van der Waals surface area (Å²) in [5, 5.41) is 3.44. The molecule has 5 heteroatoms. The quantitative estimate of drug-likeness (QED) is 0.627. The summed E-state index contributed by atoms with van der Waals surface area (Å²) in [6, 6.07) is 23.1. The van der Waals surface area contributed by atoms with Crippen molar-refractivity contribution in [1.29, 1.82) is 0 Å². The van der Waals surface area contributed by atoms with Crippen LogP contribution >= 0.6 is 23.4 Å². The van der Waals surface area contributed by atoms with E-state index in [0.717, 1.165) is 21.9 Å². The Balaban J connectivity index is 1.68. The third-order valence-electron chi connectivity index (χ3n) is 4.32. The fraction of sp³-hybridized carbons (Fsp3) is 0.0909. The van der Waals surface area contributed by atoms with Gasteiger partial charge in [-0.3, -0.25) is 4.79 Å². The molecule has 0 aromatic heterocycles. The molecule has 0 fully saturated rings. The molecule has 0 radical (unpaired) electrons. The molecule has 0 aliphatic carbocycles. The summed E-state index contributed by atoms with van der Waals surface area (Å²) in [5.41, 5.74) is 4.53. The number of aliphatic imine (C=N–C) groups is 1. The second kappa shape index (κ2) is 7.59. The van der Waals surface area contributed by atoms with Gasteiger partial charge in [-0.25, -0.2) is 4.99 Å². The number of hydrogen-bond donors (Lipinski definition) is 1. The van der Waals surface area contributed by atoms with E-state index in [9.17, 15) is 4.79 Å². The molecule has 1 aliphatic rings. The molecule has 0 bridgehead atoms. The van der Waals surface area contributed by atoms with E-state index in [0.29, 0.717) is 10.6 Å². The Bertz CT molecular complexity index is 1010. The first-order valence-corrected chi connectivity index (χ1v) is 9.84. The van der Waals surface area contributed by atoms with Crippen molar-refractivity contribution in [1.82, 2.24) is 5.32 Å². The summed E-state index contributed by atoms with van der Waals surface area (Å²) in [4.78, 5) is 18.6. The molecule has 1 atom stereocenters. The first-order valence-electron chi connectivity index (χ1n) is 8.58. The molecule has 3 aromatic rings. The van der Waals surface area contributed by atoms with Gasteiger partial charge in [0, 0.05) is 15.5 Å². The van der Waals surface area contributed by atoms with Gasteiger partial charge < -0.3 is 5.32 Å². The summed E-state index contributed by atoms with van der Waals surface area (Å²) in [6.07, 6.45) is 0. The van der Waals surface area contributed by atoms with Crippen molar-refractivity contribution < 1.29 is 4.79 Å². The van der Waals surface area contributed by atoms with Crippen molar-refractivity contribution in [3.05, 3.63) is 94.5 Å². The van der Waals surface area contributed by atoms with Crippen LogP contribution in [0.4, 0.5) is 5.69 Å². The minimum absolute atomic E-state index is 0.150. The largest absolute Gasteiger partial charge is 0.334 e. The first-order chi connectivity index (χ1) is 13.1. The van der Waals surface area contributed by atoms with Crippen LogP contribution in [0.1, 0.15) is 21.5 Å². The number of hydrogen-bond acceptors (Lipinski definition) is 3. The van der Waals surface area contributed by atoms with Crippen LogP contribution in [-0.2, 0) is 0 Å². The van der Waals surface area contributed by atoms with E-state index in [1.165, 1.54) is 5.56 Å². The highest BCUT2D eigenvalue weighted by molar-refractivity contribution is 8.00. The highest BCUT2D eigenvalue weighted by Gasteiger charge is 2.27. The van der Waals surface area contributed by atoms with E-state index in [4.69, 9.17) is 16.6 Å². The van der Waals surface area contributed by atoms with Gasteiger partial charge in [0.1, 0.15) is 5.37 Å². The predicted octanol–water partition coefficient (Wildman–Crippen LogP) is 5.63. The number of nitrogens with zero attached hydrogens (tertiary/aromatic N) is 1. The Labute approximate surface area is 167 Å². The number of para-hydroxylation sites is 1. The Kier molecular flexibility index (Phi) is 5.01. The average Bonchev–Trinajstić information content (AvgIpc) is 2.68. The number of halogens is 1. The van der Waals surface area contributed by atoms with E-state index in [1.807, 2.05) is 36.4 Å². The van der Waals surface area contributed by atoms with Crippen LogP contribution in [0.15, 0.2) is 82.7 Å². The first kappa shape index (κ1) is 17.8. The van der Waals surface area contributed by atoms with Gasteiger partial charge in [-0.2, -0.15) is 0 Å². The molecule has 0 saturated carbocycles. The SMILES string of the molecule is Cc1ccc(C2=Nc3ccccc3S[C@@H]2NC(=O)c2ccc(Cl)cc2)cc1. The van der Waals surface area contributed by atoms with Crippen LogP contribution in [0.25, 0.3) is 0 Å². The Morgan fingerprint density at radius 2 is 1.70 bits per heavy atom. The molecule has 134 valence electrons. The zero-order valence-corrected chi connectivity index (χ0v) is 16.2. The number of amides is 1. The lowest BCUT2D eigenvalue weighted by atomic mass is 10.1. The summed E-state index contributed by atoms with van der Waals surface area (Å²) < 4.78 is 0. The number of benzene rings is 3. The molecule has 0 saturated heterocycles. The van der Waals surface area contributed by atoms with Crippen LogP contribution < -0.4 is 5.32 Å². The highest BCUT2D eigenvalue weighted by Crippen LogP contribution is 2.38. The molecular weight excluding hydrogens is 376 g/mol. The molecule has 1 aliphatic heterocycles. The maximum atomic E-state index is 12.7. The molecule has 3 aromatic carbocycles. The molecular formula is C22H17ClN2OS. The zero-order valence-electron chi connectivity index (χ0n) is 14.6. The fourth-order valence-corrected chi connectivity index (χ4v) is 4.10. The normalized spacial score (nSPS) is 15.6. The molecule has 1 heterocycles. The van der Waals surface area contributed by atoms with E-state index < -0.39 is 0 Å². The molecule has 1 N–H and O–H groups in total. The minimum atomic E-state index is -0.272. The summed E-state index contributed by atoms with van der Waals surface area (Å²) in [6.45, 7) is 2.05. The molecule has 27 heavy (non-hydrogen) atoms. The van der Waals surface area contributed by atoms with Crippen LogP contribution in [0, 0.1) is 6.92 Å². The predicted molar refractivity (Wildman–Crippen MR) is 112 cm³/mol. The van der Waals surface area contributed by atoms with Crippen LogP contribution in [0.3, 0.4) is 0 Å². The van der Waals surface area contributed by atoms with Crippen molar-refractivity contribution in [3.63, 3.8) is 0 Å². The Hall–Kier alpha value is -2.56. The number of carbonyl (C=O) groups is 1. The number of nitrogens with one attached hydrogen (secondary N) is 1. The maximum absolute atomic E-state index is 12.7. The van der Waals surface area contributed by atoms with E-state index in [1.54, 1.807) is 36.0 Å². The van der Waals surface area contributed by atoms with Gasteiger partial charge in [0.15, 0.2) is 0 Å². The number of aryl methyl sites for hydroxylation is 1. The third-order valence-corrected chi connectivity index (χ3v) is 5.74. The van der Waals surface area contributed by atoms with Gasteiger partial charge in [-0.05, 0) is 48.9 Å². The van der Waals surface area contributed by atoms with Gasteiger partial charge in [0.25, 0.3) is 5.91 Å². The second-order valence-corrected chi connectivity index (χ2v) is 7.89. The van der Waals surface area contributed by atoms with Crippen molar-refractivity contribution >= 4 is 40.7 Å². The van der Waals surface area contributed by atoms with Crippen LogP contribution in [0.5, 0.6) is 0 Å². The molecule has 0 spiro atoms. The van der Waals surface area contributed by atoms with Crippen molar-refractivity contribution in [2.45, 2.75) is 17.2 Å². The lowest BCUT2D eigenvalue weighted by Gasteiger charge is -2.25. The van der Waals surface area contributed by atoms with E-state index >= 15 is 0 Å². The topological polar surface area (TPSA) is 41.5 Å². The van der Waals surface area contributed by atoms with Crippen molar-refractivity contribution in [3.8, 4) is 0 Å². The van der Waals surface area contributed by atoms with Gasteiger partial charge in [-0.15, -0.1) is 0 Å². The van der Waals surface area contributed by atoms with Crippen LogP contribution in [-0.4, -0.2) is 17.0 Å². The average molecular weight is 393 g/mol. The standard InChI is InChI=1S/C22H17ClN2OS/c1-14-6-8-15(9-7-14)20-22(27-19-5-3-2-4-18(19)24-20)25-21(26)16-10-12-17(23)13-11-16/h2-13,22H,1H3,(H,25,26)/t22-/m0/s1. The maximum Gasteiger partial charge on any atom is 0.252 e. The van der Waals surface area contributed by atoms with E-state index in [2.05, 4.69) is 24.4 Å². The summed E-state index contributed by atoms with van der Waals surface area (Å²) in [7, 11) is 0. The smallest absolute Gasteiger partial charge is 0.252 e. The van der Waals surface area contributed by atoms with Crippen molar-refractivity contribution in [2.24, 2.45) is 4.99 Å². The zero-order chi connectivity index (χ0) is 18.8. The molecule has 4 rings (SSSR count). The van der Waals surface area contributed by atoms with Gasteiger partial charge >= 0.3 is 0 Å². The van der Waals surface area contributed by atoms with Gasteiger partial charge in [-0.1, -0.05) is 65.3 Å². The molecule has 0 unspecified atom stereocenters. The number of thioether (sulfide) groups is 1. The van der Waals surface area contributed by atoms with Crippen LogP contribution in [0.2, 0.25) is 5.02 Å². The Morgan fingerprint density at radius 1 is 1.00 bits per heavy atom. The Morgan fingerprint density at radius 3 is 2.44 bits per heavy atom. The fourth-order valence-electron chi connectivity index (χ4n) is 2.86. The number of carbonyl (C=O) groups excluding carboxylic acids is 1. The highest BCUT2D eigenvalue weighted by atomic mass is 35.5. The number of fused-ring (bicyclic) bond motifs is 1. The summed E-state index contributed by atoms with van der Waals surface area (Å²) >= 11 is 7.53. The summed E-state index contributed by atoms with van der Waals surface area (Å²) in [5.74, 6) is -0.150. The monoisotopic (exact) mass is 392 g/mol. The molecule has 3 nitrogen and oxygen atoms in total. The second-order valence-electron chi connectivity index (χ2n) is 6.31. The lowest BCUT2D eigenvalue weighted by molar-refractivity contribution is 0.0956. The minimum Gasteiger partial charge on any atom is -0.334 e. The third kappa shape index (κ3) is 3.92. The number of rotatable bonds is 3. The van der Waals surface area contributed by atoms with E-state index in [-0.39, 0.29) is 11.3 Å². The van der Waals surface area contributed by atoms with Gasteiger partial charge in [0.2, 0.25) is 0 Å². The lowest BCUT2D eigenvalue weighted by Crippen LogP contribution is -2.39. The molecule has 1 amide bonds.